The van der Waals surface area contributed by atoms with E-state index in [1.165, 1.54) is 42.0 Å². The van der Waals surface area contributed by atoms with E-state index in [-0.39, 0.29) is 51.1 Å². The summed E-state index contributed by atoms with van der Waals surface area (Å²) < 4.78 is 83.2. The van der Waals surface area contributed by atoms with E-state index in [0.717, 1.165) is 70.3 Å². The Morgan fingerprint density at radius 2 is 1.49 bits per heavy atom. The second-order valence-corrected chi connectivity index (χ2v) is 19.1. The molecule has 1 saturated heterocycles. The number of halogens is 3. The van der Waals surface area contributed by atoms with Crippen molar-refractivity contribution in [3.63, 3.8) is 0 Å². The Kier molecular flexibility index (Phi) is 21.6. The Balaban J connectivity index is 1.26. The van der Waals surface area contributed by atoms with Crippen LogP contribution in [0.5, 0.6) is 11.8 Å². The number of pyridine rings is 3. The van der Waals surface area contributed by atoms with Crippen molar-refractivity contribution in [1.82, 2.24) is 29.9 Å². The summed E-state index contributed by atoms with van der Waals surface area (Å²) in [6.07, 6.45) is 9.44. The molecule has 71 heavy (non-hydrogen) atoms. The van der Waals surface area contributed by atoms with E-state index in [9.17, 15) is 41.3 Å². The van der Waals surface area contributed by atoms with E-state index in [4.69, 9.17) is 19.6 Å². The molecule has 1 atom stereocenters. The number of aromatic nitrogens is 3. The molecule has 0 radical (unpaired) electrons. The molecule has 17 nitrogen and oxygen atoms in total. The highest BCUT2D eigenvalue weighted by Gasteiger charge is 2.40. The number of alkyl halides is 3. The van der Waals surface area contributed by atoms with E-state index in [1.807, 2.05) is 24.8 Å². The number of benzene rings is 1. The van der Waals surface area contributed by atoms with E-state index in [0.29, 0.717) is 60.1 Å². The molecule has 0 unspecified atom stereocenters. The van der Waals surface area contributed by atoms with Crippen LogP contribution in [-0.2, 0) is 22.6 Å². The summed E-state index contributed by atoms with van der Waals surface area (Å²) >= 11 is 0. The predicted octanol–water partition coefficient (Wildman–Crippen LogP) is 10.2. The molecule has 5 rings (SSSR count). The summed E-state index contributed by atoms with van der Waals surface area (Å²) in [5.41, 5.74) is 0.0906. The van der Waals surface area contributed by atoms with Crippen LogP contribution in [0.4, 0.5) is 29.3 Å². The summed E-state index contributed by atoms with van der Waals surface area (Å²) in [4.78, 5) is 52.1. The second-order valence-electron chi connectivity index (χ2n) is 17.4. The molecule has 0 aliphatic carbocycles. The van der Waals surface area contributed by atoms with Gasteiger partial charge in [-0.25, -0.2) is 27.9 Å². The number of amides is 2. The van der Waals surface area contributed by atoms with Crippen LogP contribution < -0.4 is 24.4 Å². The number of nitro groups is 1. The van der Waals surface area contributed by atoms with Crippen molar-refractivity contribution in [2.75, 3.05) is 50.8 Å². The summed E-state index contributed by atoms with van der Waals surface area (Å²) in [6, 6.07) is 13.1. The minimum atomic E-state index is -4.91. The number of anilines is 1. The SMILES string of the molecule is CCOc1ccc(C(=O)N2CCN(c3ccc(-c4cccnc4OCC)nc3Cc3ccc(S(=O)(=O)NCCCCCCCCCCCCCCCNC(=O)O)c([N+](=O)[O-])c3)[C@H](CC)C2)c(C(F)(F)F)n1. The van der Waals surface area contributed by atoms with Gasteiger partial charge < -0.3 is 29.7 Å². The lowest BCUT2D eigenvalue weighted by Crippen LogP contribution is -2.55. The maximum atomic E-state index is 14.2. The summed E-state index contributed by atoms with van der Waals surface area (Å²) in [7, 11) is -4.25. The number of unbranched alkanes of at least 4 members (excludes halogenated alkanes) is 12. The first-order valence-electron chi connectivity index (χ1n) is 24.7. The number of carbonyl (C=O) groups is 2. The quantitative estimate of drug-likeness (QED) is 0.0262. The average molecular weight is 1010 g/mol. The van der Waals surface area contributed by atoms with Gasteiger partial charge in [0.1, 0.15) is 0 Å². The molecule has 0 spiro atoms. The molecule has 1 aromatic carbocycles. The van der Waals surface area contributed by atoms with Gasteiger partial charge in [0, 0.05) is 63.5 Å². The number of carboxylic acid groups (broad SMARTS) is 1. The van der Waals surface area contributed by atoms with Crippen molar-refractivity contribution >= 4 is 33.4 Å². The van der Waals surface area contributed by atoms with Crippen LogP contribution in [0, 0.1) is 10.1 Å². The van der Waals surface area contributed by atoms with Gasteiger partial charge in [-0.05, 0) is 75.1 Å². The van der Waals surface area contributed by atoms with Gasteiger partial charge in [0.15, 0.2) is 10.6 Å². The molecule has 0 bridgehead atoms. The Bertz CT molecular complexity index is 2500. The summed E-state index contributed by atoms with van der Waals surface area (Å²) in [5.74, 6) is -0.715. The zero-order chi connectivity index (χ0) is 51.4. The Labute approximate surface area is 414 Å². The number of nitro benzene ring substituents is 1. The lowest BCUT2D eigenvalue weighted by atomic mass is 10.0. The fourth-order valence-electron chi connectivity index (χ4n) is 8.72. The molecular formula is C50H67F3N8O9S. The van der Waals surface area contributed by atoms with Gasteiger partial charge >= 0.3 is 12.3 Å². The lowest BCUT2D eigenvalue weighted by molar-refractivity contribution is -0.387. The summed E-state index contributed by atoms with van der Waals surface area (Å²) in [5, 5.41) is 23.5. The first kappa shape index (κ1) is 55.8. The standard InChI is InChI=1S/C50H67F3N8O9S/c1-4-37-35-59(48(62)39-23-27-45(69-5-2)58-46(39)50(51,52)53)31-32-60(37)42-25-24-40(38-21-20-29-54-47(38)70-6-3)57-41(42)33-36-22-26-44(43(34-36)61(65)66)71(67,68)56-30-19-17-15-13-11-9-7-8-10-12-14-16-18-28-55-49(63)64/h20-27,29,34,37,55-56H,4-19,28,30-33,35H2,1-3H3,(H,63,64)/t37-/m1/s1. The Morgan fingerprint density at radius 1 is 0.845 bits per heavy atom. The Hall–Kier alpha value is -6.09. The number of nitrogens with zero attached hydrogens (tertiary/aromatic N) is 6. The number of piperazine rings is 1. The molecule has 4 aromatic rings. The lowest BCUT2D eigenvalue weighted by Gasteiger charge is -2.43. The van der Waals surface area contributed by atoms with Crippen LogP contribution in [0.1, 0.15) is 138 Å². The zero-order valence-corrected chi connectivity index (χ0v) is 41.7. The maximum Gasteiger partial charge on any atom is 0.434 e. The van der Waals surface area contributed by atoms with Crippen LogP contribution >= 0.6 is 0 Å². The topological polar surface area (TPSA) is 219 Å². The van der Waals surface area contributed by atoms with Gasteiger partial charge in [0.25, 0.3) is 11.6 Å². The minimum absolute atomic E-state index is 0.0278. The van der Waals surface area contributed by atoms with Gasteiger partial charge in [0.05, 0.1) is 46.3 Å². The van der Waals surface area contributed by atoms with E-state index >= 15 is 0 Å². The molecule has 4 heterocycles. The molecule has 388 valence electrons. The molecular weight excluding hydrogens is 946 g/mol. The fraction of sp³-hybridized carbons (Fsp3) is 0.540. The monoisotopic (exact) mass is 1010 g/mol. The molecule has 21 heteroatoms. The van der Waals surface area contributed by atoms with Crippen LogP contribution in [-0.4, -0.2) is 102 Å². The Morgan fingerprint density at radius 3 is 2.10 bits per heavy atom. The molecule has 1 aliphatic heterocycles. The third-order valence-electron chi connectivity index (χ3n) is 12.3. The number of hydrogen-bond acceptors (Lipinski definition) is 12. The average Bonchev–Trinajstić information content (AvgIpc) is 3.34. The van der Waals surface area contributed by atoms with Gasteiger partial charge in [-0.2, -0.15) is 13.2 Å². The van der Waals surface area contributed by atoms with E-state index in [2.05, 4.69) is 20.0 Å². The molecule has 1 fully saturated rings. The third kappa shape index (κ3) is 16.5. The van der Waals surface area contributed by atoms with E-state index < -0.39 is 55.0 Å². The largest absolute Gasteiger partial charge is 0.478 e. The number of carbonyl (C=O) groups excluding carboxylic acids is 1. The number of ether oxygens (including phenoxy) is 2. The van der Waals surface area contributed by atoms with Crippen LogP contribution in [0.3, 0.4) is 0 Å². The van der Waals surface area contributed by atoms with Crippen LogP contribution in [0.15, 0.2) is 65.7 Å². The number of sulfonamides is 1. The molecule has 3 N–H and O–H groups in total. The van der Waals surface area contributed by atoms with Crippen molar-refractivity contribution in [3.8, 4) is 23.0 Å². The van der Waals surface area contributed by atoms with Crippen molar-refractivity contribution in [2.45, 2.75) is 134 Å². The van der Waals surface area contributed by atoms with Gasteiger partial charge in [-0.3, -0.25) is 19.9 Å². The highest BCUT2D eigenvalue weighted by atomic mass is 32.2. The van der Waals surface area contributed by atoms with Gasteiger partial charge in [-0.15, -0.1) is 0 Å². The van der Waals surface area contributed by atoms with Crippen molar-refractivity contribution in [1.29, 1.82) is 0 Å². The highest BCUT2D eigenvalue weighted by Crippen LogP contribution is 2.36. The van der Waals surface area contributed by atoms with Crippen molar-refractivity contribution in [2.24, 2.45) is 0 Å². The van der Waals surface area contributed by atoms with Gasteiger partial charge in [0.2, 0.25) is 21.8 Å². The molecule has 1 aliphatic rings. The normalized spacial score (nSPS) is 14.1. The first-order chi connectivity index (χ1) is 34.1. The maximum absolute atomic E-state index is 14.2. The number of nitrogens with one attached hydrogen (secondary N) is 2. The molecule has 0 saturated carbocycles. The zero-order valence-electron chi connectivity index (χ0n) is 40.8. The number of rotatable bonds is 29. The predicted molar refractivity (Wildman–Crippen MR) is 264 cm³/mol. The smallest absolute Gasteiger partial charge is 0.434 e. The van der Waals surface area contributed by atoms with Crippen molar-refractivity contribution in [3.05, 3.63) is 93.4 Å². The van der Waals surface area contributed by atoms with Crippen LogP contribution in [0.2, 0.25) is 0 Å². The molecule has 3 aromatic heterocycles. The van der Waals surface area contributed by atoms with E-state index in [1.54, 1.807) is 31.3 Å². The second kappa shape index (κ2) is 27.5. The summed E-state index contributed by atoms with van der Waals surface area (Å²) in [6.45, 7) is 6.74. The fourth-order valence-corrected chi connectivity index (χ4v) is 9.94. The van der Waals surface area contributed by atoms with Crippen molar-refractivity contribution < 1.29 is 50.7 Å². The number of hydrogen-bond donors (Lipinski definition) is 3. The molecule has 2 amide bonds. The highest BCUT2D eigenvalue weighted by molar-refractivity contribution is 7.89. The van der Waals surface area contributed by atoms with Gasteiger partial charge in [-0.1, -0.05) is 83.6 Å². The minimum Gasteiger partial charge on any atom is -0.478 e. The first-order valence-corrected chi connectivity index (χ1v) is 26.1. The van der Waals surface area contributed by atoms with Crippen LogP contribution in [0.25, 0.3) is 11.3 Å². The third-order valence-corrected chi connectivity index (χ3v) is 13.8.